The first-order chi connectivity index (χ1) is 14.0. The van der Waals surface area contributed by atoms with Gasteiger partial charge in [0.1, 0.15) is 5.75 Å². The van der Waals surface area contributed by atoms with Crippen LogP contribution in [0.3, 0.4) is 0 Å². The van der Waals surface area contributed by atoms with E-state index in [0.29, 0.717) is 24.3 Å². The van der Waals surface area contributed by atoms with E-state index >= 15 is 0 Å². The van der Waals surface area contributed by atoms with E-state index in [-0.39, 0.29) is 24.0 Å². The molecule has 3 unspecified atom stereocenters. The van der Waals surface area contributed by atoms with E-state index in [1.807, 2.05) is 18.2 Å². The number of carboxylic acid groups (broad SMARTS) is 1. The summed E-state index contributed by atoms with van der Waals surface area (Å²) in [6.07, 6.45) is 9.47. The van der Waals surface area contributed by atoms with Crippen molar-refractivity contribution in [3.05, 3.63) is 42.5 Å². The molecule has 0 spiro atoms. The molecule has 3 rings (SSSR count). The first-order valence-electron chi connectivity index (χ1n) is 10.9. The number of benzene rings is 1. The largest absolute Gasteiger partial charge is 0.490 e. The second kappa shape index (κ2) is 9.95. The Kier molecular flexibility index (Phi) is 7.34. The molecule has 1 amide bonds. The predicted molar refractivity (Wildman–Crippen MR) is 113 cm³/mol. The molecule has 2 aliphatic rings. The van der Waals surface area contributed by atoms with E-state index in [9.17, 15) is 9.59 Å². The van der Waals surface area contributed by atoms with Gasteiger partial charge in [-0.3, -0.25) is 9.59 Å². The summed E-state index contributed by atoms with van der Waals surface area (Å²) in [5.74, 6) is 0.933. The molecule has 1 aromatic rings. The average molecular weight is 400 g/mol. The van der Waals surface area contributed by atoms with Crippen LogP contribution in [-0.4, -0.2) is 29.1 Å². The number of amides is 1. The molecule has 0 radical (unpaired) electrons. The smallest absolute Gasteiger partial charge is 0.306 e. The highest BCUT2D eigenvalue weighted by Crippen LogP contribution is 2.35. The number of aliphatic carboxylic acids is 1. The van der Waals surface area contributed by atoms with Gasteiger partial charge in [-0.05, 0) is 74.6 Å². The molecule has 158 valence electrons. The quantitative estimate of drug-likeness (QED) is 0.615. The molecular formula is C24H33NO4. The van der Waals surface area contributed by atoms with E-state index in [2.05, 4.69) is 18.8 Å². The number of hydrogen-bond donors (Lipinski definition) is 2. The zero-order valence-corrected chi connectivity index (χ0v) is 17.3. The Labute approximate surface area is 173 Å². The molecule has 0 saturated heterocycles. The van der Waals surface area contributed by atoms with Crippen LogP contribution in [0.1, 0.15) is 68.6 Å². The van der Waals surface area contributed by atoms with E-state index in [1.165, 1.54) is 12.8 Å². The molecule has 0 heterocycles. The van der Waals surface area contributed by atoms with Crippen LogP contribution in [0.25, 0.3) is 0 Å². The summed E-state index contributed by atoms with van der Waals surface area (Å²) in [5.41, 5.74) is 0.615. The predicted octanol–water partition coefficient (Wildman–Crippen LogP) is 4.82. The molecule has 2 fully saturated rings. The van der Waals surface area contributed by atoms with E-state index in [4.69, 9.17) is 9.84 Å². The summed E-state index contributed by atoms with van der Waals surface area (Å²) in [7, 11) is 0. The number of hydrogen-bond acceptors (Lipinski definition) is 3. The molecule has 2 saturated carbocycles. The van der Waals surface area contributed by atoms with Crippen LogP contribution in [-0.2, 0) is 4.79 Å². The van der Waals surface area contributed by atoms with Crippen molar-refractivity contribution >= 4 is 11.9 Å². The maximum absolute atomic E-state index is 12.7. The number of rotatable bonds is 8. The van der Waals surface area contributed by atoms with Crippen molar-refractivity contribution in [3.63, 3.8) is 0 Å². The van der Waals surface area contributed by atoms with Crippen molar-refractivity contribution in [2.24, 2.45) is 17.8 Å². The Morgan fingerprint density at radius 3 is 2.41 bits per heavy atom. The standard InChI is InChI=1S/C24H33NO4/c1-3-16-5-6-19(15-16)22(4-2)25-23(26)17-7-11-20(12-8-17)29-21-13-9-18(10-14-21)24(27)28/h4,7-8,11-12,16,18-19,21-22H,2-3,5-6,9-10,13-15H2,1H3,(H,25,26)(H,27,28). The minimum absolute atomic E-state index is 0.0133. The first kappa shape index (κ1) is 21.4. The summed E-state index contributed by atoms with van der Waals surface area (Å²) in [6.45, 7) is 6.16. The fourth-order valence-corrected chi connectivity index (χ4v) is 4.72. The van der Waals surface area contributed by atoms with Crippen molar-refractivity contribution in [1.29, 1.82) is 0 Å². The highest BCUT2D eigenvalue weighted by molar-refractivity contribution is 5.94. The summed E-state index contributed by atoms with van der Waals surface area (Å²) in [4.78, 5) is 23.7. The van der Waals surface area contributed by atoms with Gasteiger partial charge in [-0.1, -0.05) is 25.8 Å². The fraction of sp³-hybridized carbons (Fsp3) is 0.583. The third-order valence-electron chi connectivity index (χ3n) is 6.66. The lowest BCUT2D eigenvalue weighted by Crippen LogP contribution is -2.38. The molecule has 0 bridgehead atoms. The van der Waals surface area contributed by atoms with Crippen LogP contribution in [0.2, 0.25) is 0 Å². The van der Waals surface area contributed by atoms with E-state index < -0.39 is 5.97 Å². The zero-order chi connectivity index (χ0) is 20.8. The summed E-state index contributed by atoms with van der Waals surface area (Å²) in [5, 5.41) is 12.2. The van der Waals surface area contributed by atoms with Gasteiger partial charge in [0.25, 0.3) is 5.91 Å². The third kappa shape index (κ3) is 5.62. The van der Waals surface area contributed by atoms with Gasteiger partial charge in [0.05, 0.1) is 12.0 Å². The zero-order valence-electron chi connectivity index (χ0n) is 17.3. The molecule has 0 aliphatic heterocycles. The Hall–Kier alpha value is -2.30. The van der Waals surface area contributed by atoms with Gasteiger partial charge in [-0.2, -0.15) is 0 Å². The Balaban J connectivity index is 1.51. The Bertz CT molecular complexity index is 706. The second-order valence-electron chi connectivity index (χ2n) is 8.54. The molecule has 29 heavy (non-hydrogen) atoms. The molecule has 2 N–H and O–H groups in total. The number of carboxylic acids is 1. The van der Waals surface area contributed by atoms with Crippen LogP contribution < -0.4 is 10.1 Å². The lowest BCUT2D eigenvalue weighted by Gasteiger charge is -2.26. The van der Waals surface area contributed by atoms with Gasteiger partial charge < -0.3 is 15.2 Å². The van der Waals surface area contributed by atoms with Crippen molar-refractivity contribution < 1.29 is 19.4 Å². The lowest BCUT2D eigenvalue weighted by molar-refractivity contribution is -0.143. The molecule has 1 aromatic carbocycles. The minimum Gasteiger partial charge on any atom is -0.490 e. The number of ether oxygens (including phenoxy) is 1. The molecular weight excluding hydrogens is 366 g/mol. The van der Waals surface area contributed by atoms with Crippen molar-refractivity contribution in [2.45, 2.75) is 70.4 Å². The highest BCUT2D eigenvalue weighted by atomic mass is 16.5. The number of nitrogens with one attached hydrogen (secondary N) is 1. The van der Waals surface area contributed by atoms with E-state index in [1.54, 1.807) is 12.1 Å². The fourth-order valence-electron chi connectivity index (χ4n) is 4.72. The maximum atomic E-state index is 12.7. The Morgan fingerprint density at radius 2 is 1.86 bits per heavy atom. The SMILES string of the molecule is C=CC(NC(=O)c1ccc(OC2CCC(C(=O)O)CC2)cc1)C1CCC(CC)C1. The van der Waals surface area contributed by atoms with Gasteiger partial charge in [-0.25, -0.2) is 0 Å². The van der Waals surface area contributed by atoms with Crippen LogP contribution in [0.5, 0.6) is 5.75 Å². The van der Waals surface area contributed by atoms with Crippen LogP contribution >= 0.6 is 0 Å². The van der Waals surface area contributed by atoms with Crippen LogP contribution in [0, 0.1) is 17.8 Å². The molecule has 5 nitrogen and oxygen atoms in total. The second-order valence-corrected chi connectivity index (χ2v) is 8.54. The Morgan fingerprint density at radius 1 is 1.17 bits per heavy atom. The summed E-state index contributed by atoms with van der Waals surface area (Å²) in [6, 6.07) is 7.24. The topological polar surface area (TPSA) is 75.6 Å². The highest BCUT2D eigenvalue weighted by Gasteiger charge is 2.30. The number of carbonyl (C=O) groups excluding carboxylic acids is 1. The van der Waals surface area contributed by atoms with Gasteiger partial charge in [0.15, 0.2) is 0 Å². The van der Waals surface area contributed by atoms with Crippen molar-refractivity contribution in [1.82, 2.24) is 5.32 Å². The van der Waals surface area contributed by atoms with E-state index in [0.717, 1.165) is 37.4 Å². The average Bonchev–Trinajstić information content (AvgIpc) is 3.22. The summed E-state index contributed by atoms with van der Waals surface area (Å²) < 4.78 is 5.98. The van der Waals surface area contributed by atoms with Crippen molar-refractivity contribution in [3.8, 4) is 5.75 Å². The normalized spacial score (nSPS) is 27.8. The number of carbonyl (C=O) groups is 2. The van der Waals surface area contributed by atoms with Gasteiger partial charge >= 0.3 is 5.97 Å². The molecule has 2 aliphatic carbocycles. The van der Waals surface area contributed by atoms with Gasteiger partial charge in [-0.15, -0.1) is 6.58 Å². The lowest BCUT2D eigenvalue weighted by atomic mass is 9.87. The van der Waals surface area contributed by atoms with Gasteiger partial charge in [0.2, 0.25) is 0 Å². The minimum atomic E-state index is -0.709. The van der Waals surface area contributed by atoms with Crippen LogP contribution in [0.15, 0.2) is 36.9 Å². The molecule has 3 atom stereocenters. The molecule has 5 heteroatoms. The molecule has 0 aromatic heterocycles. The third-order valence-corrected chi connectivity index (χ3v) is 6.66. The van der Waals surface area contributed by atoms with Gasteiger partial charge in [0, 0.05) is 11.6 Å². The summed E-state index contributed by atoms with van der Waals surface area (Å²) >= 11 is 0. The maximum Gasteiger partial charge on any atom is 0.306 e. The monoisotopic (exact) mass is 399 g/mol. The van der Waals surface area contributed by atoms with Crippen molar-refractivity contribution in [2.75, 3.05) is 0 Å². The van der Waals surface area contributed by atoms with Crippen LogP contribution in [0.4, 0.5) is 0 Å². The first-order valence-corrected chi connectivity index (χ1v) is 10.9.